The van der Waals surface area contributed by atoms with Gasteiger partial charge in [0.15, 0.2) is 0 Å². The first kappa shape index (κ1) is 15.7. The number of hydrogen-bond donors (Lipinski definition) is 1. The second-order valence-corrected chi connectivity index (χ2v) is 6.02. The Morgan fingerprint density at radius 1 is 1.38 bits per heavy atom. The SMILES string of the molecule is CCOC(=O)c1cnc(NC2CCC(C)C(C)C2)nc1C. The first-order valence-electron chi connectivity index (χ1n) is 7.78. The van der Waals surface area contributed by atoms with Crippen molar-refractivity contribution in [3.05, 3.63) is 17.5 Å². The fourth-order valence-corrected chi connectivity index (χ4v) is 2.81. The minimum Gasteiger partial charge on any atom is -0.462 e. The molecule has 0 aliphatic heterocycles. The zero-order valence-corrected chi connectivity index (χ0v) is 13.3. The Labute approximate surface area is 126 Å². The van der Waals surface area contributed by atoms with Crippen LogP contribution in [0.5, 0.6) is 0 Å². The number of carbonyl (C=O) groups is 1. The van der Waals surface area contributed by atoms with E-state index in [0.29, 0.717) is 29.9 Å². The van der Waals surface area contributed by atoms with Crippen molar-refractivity contribution < 1.29 is 9.53 Å². The van der Waals surface area contributed by atoms with Crippen molar-refractivity contribution >= 4 is 11.9 Å². The highest BCUT2D eigenvalue weighted by Gasteiger charge is 2.25. The van der Waals surface area contributed by atoms with E-state index in [9.17, 15) is 4.79 Å². The lowest BCUT2D eigenvalue weighted by atomic mass is 9.79. The smallest absolute Gasteiger partial charge is 0.341 e. The normalized spacial score (nSPS) is 25.4. The monoisotopic (exact) mass is 291 g/mol. The molecule has 0 bridgehead atoms. The average Bonchev–Trinajstić information content (AvgIpc) is 2.43. The van der Waals surface area contributed by atoms with E-state index in [-0.39, 0.29) is 5.97 Å². The predicted octanol–water partition coefficient (Wildman–Crippen LogP) is 3.20. The molecule has 0 saturated heterocycles. The second-order valence-electron chi connectivity index (χ2n) is 6.02. The van der Waals surface area contributed by atoms with Crippen LogP contribution in [-0.2, 0) is 4.74 Å². The summed E-state index contributed by atoms with van der Waals surface area (Å²) in [5, 5.41) is 3.40. The molecule has 0 spiro atoms. The molecule has 116 valence electrons. The van der Waals surface area contributed by atoms with E-state index in [1.165, 1.54) is 6.42 Å². The standard InChI is InChI=1S/C16H25N3O2/c1-5-21-15(20)14-9-17-16(18-12(14)4)19-13-7-6-10(2)11(3)8-13/h9-11,13H,5-8H2,1-4H3,(H,17,18,19). The van der Waals surface area contributed by atoms with Gasteiger partial charge in [-0.15, -0.1) is 0 Å². The lowest BCUT2D eigenvalue weighted by molar-refractivity contribution is 0.0524. The molecule has 3 unspecified atom stereocenters. The summed E-state index contributed by atoms with van der Waals surface area (Å²) in [4.78, 5) is 20.4. The van der Waals surface area contributed by atoms with Crippen molar-refractivity contribution in [2.45, 2.75) is 53.0 Å². The van der Waals surface area contributed by atoms with Gasteiger partial charge in [0.25, 0.3) is 0 Å². The Morgan fingerprint density at radius 2 is 2.14 bits per heavy atom. The third-order valence-corrected chi connectivity index (χ3v) is 4.41. The minimum absolute atomic E-state index is 0.358. The number of ether oxygens (including phenoxy) is 1. The van der Waals surface area contributed by atoms with Crippen molar-refractivity contribution in [2.24, 2.45) is 11.8 Å². The van der Waals surface area contributed by atoms with E-state index in [4.69, 9.17) is 4.74 Å². The van der Waals surface area contributed by atoms with Gasteiger partial charge in [-0.25, -0.2) is 14.8 Å². The van der Waals surface area contributed by atoms with Gasteiger partial charge in [-0.05, 0) is 44.9 Å². The molecule has 1 aromatic rings. The van der Waals surface area contributed by atoms with Crippen LogP contribution in [0.3, 0.4) is 0 Å². The van der Waals surface area contributed by atoms with Crippen molar-refractivity contribution in [3.8, 4) is 0 Å². The van der Waals surface area contributed by atoms with Crippen LogP contribution in [0.1, 0.15) is 56.1 Å². The number of esters is 1. The van der Waals surface area contributed by atoms with E-state index in [0.717, 1.165) is 24.7 Å². The minimum atomic E-state index is -0.360. The molecule has 1 N–H and O–H groups in total. The molecular formula is C16H25N3O2. The third-order valence-electron chi connectivity index (χ3n) is 4.41. The van der Waals surface area contributed by atoms with Gasteiger partial charge in [0.1, 0.15) is 0 Å². The van der Waals surface area contributed by atoms with Crippen LogP contribution < -0.4 is 5.32 Å². The summed E-state index contributed by atoms with van der Waals surface area (Å²) in [5.74, 6) is 1.75. The molecule has 5 heteroatoms. The number of hydrogen-bond acceptors (Lipinski definition) is 5. The molecule has 1 fully saturated rings. The van der Waals surface area contributed by atoms with Crippen LogP contribution in [-0.4, -0.2) is 28.6 Å². The van der Waals surface area contributed by atoms with Gasteiger partial charge in [0.05, 0.1) is 17.9 Å². The van der Waals surface area contributed by atoms with E-state index in [2.05, 4.69) is 29.1 Å². The zero-order chi connectivity index (χ0) is 15.4. The Morgan fingerprint density at radius 3 is 2.76 bits per heavy atom. The summed E-state index contributed by atoms with van der Waals surface area (Å²) in [6, 6.07) is 0.420. The number of nitrogens with one attached hydrogen (secondary N) is 1. The molecule has 2 rings (SSSR count). The van der Waals surface area contributed by atoms with Crippen molar-refractivity contribution in [3.63, 3.8) is 0 Å². The molecular weight excluding hydrogens is 266 g/mol. The molecule has 1 aliphatic carbocycles. The van der Waals surface area contributed by atoms with Gasteiger partial charge in [-0.2, -0.15) is 0 Å². The van der Waals surface area contributed by atoms with Gasteiger partial charge in [-0.3, -0.25) is 0 Å². The predicted molar refractivity (Wildman–Crippen MR) is 82.3 cm³/mol. The summed E-state index contributed by atoms with van der Waals surface area (Å²) < 4.78 is 4.99. The number of rotatable bonds is 4. The zero-order valence-electron chi connectivity index (χ0n) is 13.3. The second kappa shape index (κ2) is 6.87. The molecule has 5 nitrogen and oxygen atoms in total. The molecule has 3 atom stereocenters. The third kappa shape index (κ3) is 3.93. The quantitative estimate of drug-likeness (QED) is 0.863. The summed E-state index contributed by atoms with van der Waals surface area (Å²) in [7, 11) is 0. The Kier molecular flexibility index (Phi) is 5.15. The number of aromatic nitrogens is 2. The van der Waals surface area contributed by atoms with Crippen molar-refractivity contribution in [1.29, 1.82) is 0 Å². The molecule has 21 heavy (non-hydrogen) atoms. The fraction of sp³-hybridized carbons (Fsp3) is 0.688. The Balaban J connectivity index is 2.02. The maximum atomic E-state index is 11.7. The highest BCUT2D eigenvalue weighted by molar-refractivity contribution is 5.90. The molecule has 1 heterocycles. The van der Waals surface area contributed by atoms with E-state index < -0.39 is 0 Å². The van der Waals surface area contributed by atoms with Gasteiger partial charge < -0.3 is 10.1 Å². The number of nitrogens with zero attached hydrogens (tertiary/aromatic N) is 2. The largest absolute Gasteiger partial charge is 0.462 e. The first-order chi connectivity index (χ1) is 10.0. The highest BCUT2D eigenvalue weighted by atomic mass is 16.5. The fourth-order valence-electron chi connectivity index (χ4n) is 2.81. The van der Waals surface area contributed by atoms with Gasteiger partial charge in [0.2, 0.25) is 5.95 Å². The van der Waals surface area contributed by atoms with Crippen LogP contribution >= 0.6 is 0 Å². The van der Waals surface area contributed by atoms with Gasteiger partial charge >= 0.3 is 5.97 Å². The van der Waals surface area contributed by atoms with Crippen molar-refractivity contribution in [1.82, 2.24) is 9.97 Å². The summed E-state index contributed by atoms with van der Waals surface area (Å²) >= 11 is 0. The lowest BCUT2D eigenvalue weighted by Gasteiger charge is -2.32. The van der Waals surface area contributed by atoms with E-state index in [1.807, 2.05) is 6.92 Å². The van der Waals surface area contributed by atoms with Crippen LogP contribution in [0.15, 0.2) is 6.20 Å². The topological polar surface area (TPSA) is 64.1 Å². The van der Waals surface area contributed by atoms with Crippen LogP contribution in [0.25, 0.3) is 0 Å². The Hall–Kier alpha value is -1.65. The van der Waals surface area contributed by atoms with Crippen LogP contribution in [0.4, 0.5) is 5.95 Å². The lowest BCUT2D eigenvalue weighted by Crippen LogP contribution is -2.31. The number of aryl methyl sites for hydroxylation is 1. The molecule has 0 radical (unpaired) electrons. The summed E-state index contributed by atoms with van der Waals surface area (Å²) in [6.07, 6.45) is 5.08. The average molecular weight is 291 g/mol. The molecule has 1 aromatic heterocycles. The van der Waals surface area contributed by atoms with Crippen LogP contribution in [0, 0.1) is 18.8 Å². The maximum Gasteiger partial charge on any atom is 0.341 e. The van der Waals surface area contributed by atoms with Gasteiger partial charge in [-0.1, -0.05) is 13.8 Å². The molecule has 0 aromatic carbocycles. The van der Waals surface area contributed by atoms with Crippen LogP contribution in [0.2, 0.25) is 0 Å². The highest BCUT2D eigenvalue weighted by Crippen LogP contribution is 2.30. The molecule has 1 saturated carbocycles. The maximum absolute atomic E-state index is 11.7. The number of carbonyl (C=O) groups excluding carboxylic acids is 1. The molecule has 1 aliphatic rings. The first-order valence-corrected chi connectivity index (χ1v) is 7.78. The van der Waals surface area contributed by atoms with Crippen molar-refractivity contribution in [2.75, 3.05) is 11.9 Å². The Bertz CT molecular complexity index is 504. The van der Waals surface area contributed by atoms with E-state index >= 15 is 0 Å². The van der Waals surface area contributed by atoms with Gasteiger partial charge in [0, 0.05) is 12.2 Å². The van der Waals surface area contributed by atoms with E-state index in [1.54, 1.807) is 13.1 Å². The summed E-state index contributed by atoms with van der Waals surface area (Å²) in [6.45, 7) is 8.57. The summed E-state index contributed by atoms with van der Waals surface area (Å²) in [5.41, 5.74) is 1.09. The molecule has 0 amide bonds. The number of anilines is 1.